The molecule has 4 aliphatic rings. The molecule has 0 saturated heterocycles. The van der Waals surface area contributed by atoms with Crippen LogP contribution in [0.25, 0.3) is 0 Å². The molecule has 0 radical (unpaired) electrons. The molecule has 4 aliphatic carbocycles. The number of fused-ring (bicyclic) bond motifs is 5. The van der Waals surface area contributed by atoms with Gasteiger partial charge in [-0.15, -0.1) is 0 Å². The van der Waals surface area contributed by atoms with Gasteiger partial charge in [0.25, 0.3) is 0 Å². The highest BCUT2D eigenvalue weighted by Crippen LogP contribution is 2.68. The summed E-state index contributed by atoms with van der Waals surface area (Å²) < 4.78 is 5.66. The molecule has 0 bridgehead atoms. The lowest BCUT2D eigenvalue weighted by atomic mass is 9.43. The Morgan fingerprint density at radius 1 is 1.17 bits per heavy atom. The molecule has 0 aromatic carbocycles. The van der Waals surface area contributed by atoms with Crippen molar-refractivity contribution in [2.45, 2.75) is 83.5 Å². The third-order valence-corrected chi connectivity index (χ3v) is 9.55. The van der Waals surface area contributed by atoms with Gasteiger partial charge in [-0.3, -0.25) is 14.4 Å². The predicted molar refractivity (Wildman–Crippen MR) is 106 cm³/mol. The first-order valence-corrected chi connectivity index (χ1v) is 11.2. The van der Waals surface area contributed by atoms with E-state index in [4.69, 9.17) is 4.74 Å². The molecule has 4 rings (SSSR count). The molecule has 0 heterocycles. The Kier molecular flexibility index (Phi) is 5.19. The molecular formula is C23H34O7. The second-order valence-electron chi connectivity index (χ2n) is 10.7. The van der Waals surface area contributed by atoms with Crippen molar-refractivity contribution in [1.82, 2.24) is 0 Å². The van der Waals surface area contributed by atoms with Gasteiger partial charge in [0.05, 0.1) is 6.10 Å². The van der Waals surface area contributed by atoms with Crippen LogP contribution in [0, 0.1) is 34.5 Å². The Hall–Kier alpha value is -1.31. The van der Waals surface area contributed by atoms with Crippen LogP contribution in [0.5, 0.6) is 0 Å². The highest BCUT2D eigenvalue weighted by molar-refractivity contribution is 5.89. The van der Waals surface area contributed by atoms with Gasteiger partial charge in [0.1, 0.15) is 24.1 Å². The molecule has 4 fully saturated rings. The van der Waals surface area contributed by atoms with Gasteiger partial charge in [-0.25, -0.2) is 0 Å². The van der Waals surface area contributed by atoms with E-state index in [0.717, 1.165) is 12.8 Å². The second kappa shape index (κ2) is 7.10. The van der Waals surface area contributed by atoms with Crippen molar-refractivity contribution in [2.75, 3.05) is 6.61 Å². The Morgan fingerprint density at radius 2 is 1.87 bits per heavy atom. The van der Waals surface area contributed by atoms with Gasteiger partial charge in [0.15, 0.2) is 5.78 Å². The van der Waals surface area contributed by atoms with Crippen molar-refractivity contribution in [2.24, 2.45) is 34.5 Å². The smallest absolute Gasteiger partial charge is 0.302 e. The van der Waals surface area contributed by atoms with Crippen LogP contribution in [0.15, 0.2) is 0 Å². The standard InChI is InChI=1S/C23H34O7/c1-12(25)30-19-9-14(26)8-13-4-5-15-16-6-7-23(29,18(28)11-24)21(16,2)10-17(27)20(15)22(13,19)3/h13,15-17,19-20,24,27,29H,4-11H2,1-3H3/t13?,15-,16-,17-,19?,20+,21-,22+,23-/m0/s1. The van der Waals surface area contributed by atoms with Crippen molar-refractivity contribution in [3.05, 3.63) is 0 Å². The Bertz CT molecular complexity index is 763. The van der Waals surface area contributed by atoms with Gasteiger partial charge in [0, 0.05) is 30.6 Å². The van der Waals surface area contributed by atoms with Crippen molar-refractivity contribution >= 4 is 17.5 Å². The maximum absolute atomic E-state index is 12.5. The summed E-state index contributed by atoms with van der Waals surface area (Å²) in [5.74, 6) is -0.927. The summed E-state index contributed by atoms with van der Waals surface area (Å²) in [5.41, 5.74) is -2.96. The van der Waals surface area contributed by atoms with Gasteiger partial charge in [-0.1, -0.05) is 13.8 Å². The number of aliphatic hydroxyl groups excluding tert-OH is 2. The van der Waals surface area contributed by atoms with E-state index in [9.17, 15) is 29.7 Å². The SMILES string of the molecule is CC(=O)OC1CC(=O)CC2CC[C@@H]3[C@H]([C@@H](O)C[C@@]4(C)[C@H]3CC[C@]4(O)C(=O)CO)[C@]21C. The minimum absolute atomic E-state index is 0.0276. The van der Waals surface area contributed by atoms with Crippen LogP contribution < -0.4 is 0 Å². The molecule has 4 saturated carbocycles. The number of carbonyl (C=O) groups excluding carboxylic acids is 3. The van der Waals surface area contributed by atoms with E-state index in [1.165, 1.54) is 6.92 Å². The van der Waals surface area contributed by atoms with E-state index in [1.54, 1.807) is 0 Å². The summed E-state index contributed by atoms with van der Waals surface area (Å²) in [6, 6.07) is 0. The number of rotatable bonds is 3. The molecule has 0 amide bonds. The van der Waals surface area contributed by atoms with E-state index < -0.39 is 47.0 Å². The largest absolute Gasteiger partial charge is 0.461 e. The van der Waals surface area contributed by atoms with Crippen molar-refractivity contribution in [1.29, 1.82) is 0 Å². The van der Waals surface area contributed by atoms with Crippen molar-refractivity contribution in [3.8, 4) is 0 Å². The van der Waals surface area contributed by atoms with Crippen molar-refractivity contribution < 1.29 is 34.4 Å². The first-order valence-electron chi connectivity index (χ1n) is 11.2. The highest BCUT2D eigenvalue weighted by atomic mass is 16.5. The number of hydrogen-bond acceptors (Lipinski definition) is 7. The van der Waals surface area contributed by atoms with Crippen molar-refractivity contribution in [3.63, 3.8) is 0 Å². The van der Waals surface area contributed by atoms with Gasteiger partial charge in [0.2, 0.25) is 0 Å². The molecule has 0 aromatic heterocycles. The second-order valence-corrected chi connectivity index (χ2v) is 10.7. The number of carbonyl (C=O) groups is 3. The summed E-state index contributed by atoms with van der Waals surface area (Å²) in [4.78, 5) is 36.7. The lowest BCUT2D eigenvalue weighted by Gasteiger charge is -2.63. The number of ketones is 2. The molecule has 0 aromatic rings. The van der Waals surface area contributed by atoms with Gasteiger partial charge < -0.3 is 20.1 Å². The fourth-order valence-electron chi connectivity index (χ4n) is 8.15. The van der Waals surface area contributed by atoms with Crippen LogP contribution in [0.4, 0.5) is 0 Å². The summed E-state index contributed by atoms with van der Waals surface area (Å²) in [5, 5.41) is 32.2. The summed E-state index contributed by atoms with van der Waals surface area (Å²) in [7, 11) is 0. The number of ether oxygens (including phenoxy) is 1. The monoisotopic (exact) mass is 422 g/mol. The molecule has 0 aliphatic heterocycles. The molecule has 30 heavy (non-hydrogen) atoms. The summed E-state index contributed by atoms with van der Waals surface area (Å²) >= 11 is 0. The highest BCUT2D eigenvalue weighted by Gasteiger charge is 2.70. The average molecular weight is 423 g/mol. The predicted octanol–water partition coefficient (Wildman–Crippen LogP) is 1.40. The number of hydrogen-bond donors (Lipinski definition) is 3. The van der Waals surface area contributed by atoms with Gasteiger partial charge >= 0.3 is 5.97 Å². The fourth-order valence-corrected chi connectivity index (χ4v) is 8.15. The summed E-state index contributed by atoms with van der Waals surface area (Å²) in [6.45, 7) is 4.57. The van der Waals surface area contributed by atoms with Crippen LogP contribution in [0.3, 0.4) is 0 Å². The lowest BCUT2D eigenvalue weighted by Crippen LogP contribution is -2.66. The third kappa shape index (κ3) is 2.77. The molecule has 2 unspecified atom stereocenters. The van der Waals surface area contributed by atoms with E-state index in [0.29, 0.717) is 12.8 Å². The van der Waals surface area contributed by atoms with E-state index in [2.05, 4.69) is 6.92 Å². The van der Waals surface area contributed by atoms with Gasteiger partial charge in [-0.2, -0.15) is 0 Å². The molecule has 3 N–H and O–H groups in total. The molecular weight excluding hydrogens is 388 g/mol. The topological polar surface area (TPSA) is 121 Å². The molecule has 9 atom stereocenters. The quantitative estimate of drug-likeness (QED) is 0.588. The minimum atomic E-state index is -1.63. The van der Waals surface area contributed by atoms with Crippen LogP contribution in [0.1, 0.15) is 65.7 Å². The maximum atomic E-state index is 12.5. The normalized spacial score (nSPS) is 50.3. The van der Waals surface area contributed by atoms with Crippen LogP contribution in [0.2, 0.25) is 0 Å². The zero-order valence-electron chi connectivity index (χ0n) is 18.1. The zero-order valence-corrected chi connectivity index (χ0v) is 18.1. The zero-order chi connectivity index (χ0) is 22.1. The minimum Gasteiger partial charge on any atom is -0.461 e. The lowest BCUT2D eigenvalue weighted by molar-refractivity contribution is -0.224. The molecule has 7 heteroatoms. The Balaban J connectivity index is 1.73. The Labute approximate surface area is 177 Å². The molecule has 7 nitrogen and oxygen atoms in total. The number of aliphatic hydroxyl groups is 3. The van der Waals surface area contributed by atoms with E-state index in [1.807, 2.05) is 6.92 Å². The Morgan fingerprint density at radius 3 is 2.50 bits per heavy atom. The summed E-state index contributed by atoms with van der Waals surface area (Å²) in [6.07, 6.45) is 2.08. The first kappa shape index (κ1) is 21.9. The third-order valence-electron chi connectivity index (χ3n) is 9.55. The van der Waals surface area contributed by atoms with Gasteiger partial charge in [-0.05, 0) is 55.8 Å². The maximum Gasteiger partial charge on any atom is 0.302 e. The van der Waals surface area contributed by atoms with Crippen LogP contribution in [-0.4, -0.2) is 57.3 Å². The van der Waals surface area contributed by atoms with Crippen LogP contribution >= 0.6 is 0 Å². The number of Topliss-reactive ketones (excluding diaryl/α,β-unsaturated/α-hetero) is 2. The molecule has 168 valence electrons. The van der Waals surface area contributed by atoms with E-state index >= 15 is 0 Å². The fraction of sp³-hybridized carbons (Fsp3) is 0.870. The average Bonchev–Trinajstić information content (AvgIpc) is 2.93. The molecule has 0 spiro atoms. The first-order chi connectivity index (χ1) is 14.0. The van der Waals surface area contributed by atoms with Crippen LogP contribution in [-0.2, 0) is 19.1 Å². The number of esters is 1. The van der Waals surface area contributed by atoms with E-state index in [-0.39, 0.29) is 48.7 Å².